The van der Waals surface area contributed by atoms with Crippen LogP contribution in [0.15, 0.2) is 42.5 Å². The van der Waals surface area contributed by atoms with Crippen molar-refractivity contribution in [3.8, 4) is 22.6 Å². The van der Waals surface area contributed by atoms with E-state index in [2.05, 4.69) is 44.2 Å². The molecule has 0 atom stereocenters. The molecule has 0 saturated heterocycles. The summed E-state index contributed by atoms with van der Waals surface area (Å²) in [5, 5.41) is 0. The Hall–Kier alpha value is -1.96. The molecule has 0 radical (unpaired) electrons. The molecule has 2 aromatic rings. The Labute approximate surface area is 114 Å². The van der Waals surface area contributed by atoms with E-state index in [0.717, 1.165) is 11.5 Å². The van der Waals surface area contributed by atoms with E-state index in [1.54, 1.807) is 0 Å². The normalized spacial score (nSPS) is 13.6. The van der Waals surface area contributed by atoms with Crippen LogP contribution >= 0.6 is 0 Å². The third kappa shape index (κ3) is 2.19. The van der Waals surface area contributed by atoms with Crippen molar-refractivity contribution in [1.29, 1.82) is 0 Å². The molecule has 0 amide bonds. The van der Waals surface area contributed by atoms with Crippen LogP contribution in [-0.4, -0.2) is 13.2 Å². The maximum atomic E-state index is 5.85. The molecule has 1 aliphatic rings. The van der Waals surface area contributed by atoms with Crippen molar-refractivity contribution in [3.05, 3.63) is 48.0 Å². The van der Waals surface area contributed by atoms with Gasteiger partial charge in [-0.2, -0.15) is 0 Å². The van der Waals surface area contributed by atoms with Gasteiger partial charge in [-0.3, -0.25) is 0 Å². The summed E-state index contributed by atoms with van der Waals surface area (Å²) in [6, 6.07) is 14.6. The number of hydrogen-bond acceptors (Lipinski definition) is 2. The van der Waals surface area contributed by atoms with E-state index in [1.165, 1.54) is 16.7 Å². The van der Waals surface area contributed by atoms with E-state index in [9.17, 15) is 0 Å². The smallest absolute Gasteiger partial charge is 0.165 e. The molecule has 0 N–H and O–H groups in total. The fourth-order valence-corrected chi connectivity index (χ4v) is 2.58. The van der Waals surface area contributed by atoms with Crippen LogP contribution in [0.4, 0.5) is 0 Å². The third-order valence-corrected chi connectivity index (χ3v) is 3.41. The van der Waals surface area contributed by atoms with Crippen molar-refractivity contribution in [2.75, 3.05) is 13.2 Å². The predicted molar refractivity (Wildman–Crippen MR) is 77.0 cm³/mol. The zero-order valence-electron chi connectivity index (χ0n) is 11.3. The monoisotopic (exact) mass is 254 g/mol. The largest absolute Gasteiger partial charge is 0.486 e. The van der Waals surface area contributed by atoms with E-state index in [0.29, 0.717) is 19.1 Å². The van der Waals surface area contributed by atoms with Crippen LogP contribution < -0.4 is 9.47 Å². The standard InChI is InChI=1S/C17H18O2/c1-12(2)16-14(13-6-4-3-5-7-13)8-9-15-17(16)19-11-10-18-15/h3-9,12H,10-11H2,1-2H3. The van der Waals surface area contributed by atoms with E-state index in [-0.39, 0.29) is 0 Å². The summed E-state index contributed by atoms with van der Waals surface area (Å²) in [7, 11) is 0. The summed E-state index contributed by atoms with van der Waals surface area (Å²) in [4.78, 5) is 0. The van der Waals surface area contributed by atoms with E-state index in [1.807, 2.05) is 12.1 Å². The van der Waals surface area contributed by atoms with Gasteiger partial charge in [0.2, 0.25) is 0 Å². The first kappa shape index (κ1) is 12.1. The highest BCUT2D eigenvalue weighted by Crippen LogP contribution is 2.43. The molecule has 1 aliphatic heterocycles. The molecule has 0 spiro atoms. The molecule has 2 heteroatoms. The van der Waals surface area contributed by atoms with Gasteiger partial charge >= 0.3 is 0 Å². The van der Waals surface area contributed by atoms with Gasteiger partial charge < -0.3 is 9.47 Å². The molecule has 3 rings (SSSR count). The van der Waals surface area contributed by atoms with Gasteiger partial charge in [-0.25, -0.2) is 0 Å². The lowest BCUT2D eigenvalue weighted by atomic mass is 9.91. The predicted octanol–water partition coefficient (Wildman–Crippen LogP) is 4.25. The Morgan fingerprint density at radius 3 is 2.37 bits per heavy atom. The van der Waals surface area contributed by atoms with Crippen molar-refractivity contribution in [2.45, 2.75) is 19.8 Å². The van der Waals surface area contributed by atoms with Crippen LogP contribution in [0.5, 0.6) is 11.5 Å². The Morgan fingerprint density at radius 1 is 0.895 bits per heavy atom. The topological polar surface area (TPSA) is 18.5 Å². The van der Waals surface area contributed by atoms with Crippen molar-refractivity contribution in [2.24, 2.45) is 0 Å². The summed E-state index contributed by atoms with van der Waals surface area (Å²) < 4.78 is 11.5. The van der Waals surface area contributed by atoms with Gasteiger partial charge in [-0.05, 0) is 23.1 Å². The second-order valence-electron chi connectivity index (χ2n) is 5.07. The molecule has 0 aromatic heterocycles. The Bertz CT molecular complexity index is 573. The number of fused-ring (bicyclic) bond motifs is 1. The lowest BCUT2D eigenvalue weighted by Crippen LogP contribution is -2.17. The van der Waals surface area contributed by atoms with Crippen molar-refractivity contribution in [1.82, 2.24) is 0 Å². The van der Waals surface area contributed by atoms with Gasteiger partial charge in [0, 0.05) is 5.56 Å². The number of hydrogen-bond donors (Lipinski definition) is 0. The second kappa shape index (κ2) is 4.96. The summed E-state index contributed by atoms with van der Waals surface area (Å²) in [6.07, 6.45) is 0. The molecular formula is C17H18O2. The van der Waals surface area contributed by atoms with Gasteiger partial charge in [-0.15, -0.1) is 0 Å². The summed E-state index contributed by atoms with van der Waals surface area (Å²) in [5.41, 5.74) is 3.70. The summed E-state index contributed by atoms with van der Waals surface area (Å²) in [6.45, 7) is 5.65. The molecule has 0 fully saturated rings. The molecule has 0 saturated carbocycles. The highest BCUT2D eigenvalue weighted by atomic mass is 16.6. The van der Waals surface area contributed by atoms with Gasteiger partial charge in [0.1, 0.15) is 13.2 Å². The Balaban J connectivity index is 2.20. The quantitative estimate of drug-likeness (QED) is 0.797. The van der Waals surface area contributed by atoms with Crippen LogP contribution in [0, 0.1) is 0 Å². The first-order chi connectivity index (χ1) is 9.27. The Morgan fingerprint density at radius 2 is 1.63 bits per heavy atom. The van der Waals surface area contributed by atoms with Crippen molar-refractivity contribution < 1.29 is 9.47 Å². The molecule has 19 heavy (non-hydrogen) atoms. The lowest BCUT2D eigenvalue weighted by Gasteiger charge is -2.25. The molecule has 0 unspecified atom stereocenters. The first-order valence-corrected chi connectivity index (χ1v) is 6.75. The number of ether oxygens (including phenoxy) is 2. The molecule has 2 nitrogen and oxygen atoms in total. The van der Waals surface area contributed by atoms with Gasteiger partial charge in [0.15, 0.2) is 11.5 Å². The van der Waals surface area contributed by atoms with E-state index in [4.69, 9.17) is 9.47 Å². The average molecular weight is 254 g/mol. The molecule has 0 bridgehead atoms. The highest BCUT2D eigenvalue weighted by molar-refractivity contribution is 5.73. The summed E-state index contributed by atoms with van der Waals surface area (Å²) >= 11 is 0. The van der Waals surface area contributed by atoms with Gasteiger partial charge in [-0.1, -0.05) is 50.2 Å². The Kier molecular flexibility index (Phi) is 3.16. The average Bonchev–Trinajstić information content (AvgIpc) is 2.46. The first-order valence-electron chi connectivity index (χ1n) is 6.75. The molecule has 1 heterocycles. The molecular weight excluding hydrogens is 236 g/mol. The summed E-state index contributed by atoms with van der Waals surface area (Å²) in [5.74, 6) is 2.18. The van der Waals surface area contributed by atoms with Crippen LogP contribution in [0.1, 0.15) is 25.3 Å². The number of benzene rings is 2. The third-order valence-electron chi connectivity index (χ3n) is 3.41. The van der Waals surface area contributed by atoms with Crippen LogP contribution in [0.3, 0.4) is 0 Å². The fourth-order valence-electron chi connectivity index (χ4n) is 2.58. The zero-order chi connectivity index (χ0) is 13.2. The van der Waals surface area contributed by atoms with Crippen molar-refractivity contribution in [3.63, 3.8) is 0 Å². The lowest BCUT2D eigenvalue weighted by molar-refractivity contribution is 0.169. The van der Waals surface area contributed by atoms with Crippen LogP contribution in [-0.2, 0) is 0 Å². The van der Waals surface area contributed by atoms with E-state index >= 15 is 0 Å². The molecule has 0 aliphatic carbocycles. The zero-order valence-corrected chi connectivity index (χ0v) is 11.3. The highest BCUT2D eigenvalue weighted by Gasteiger charge is 2.21. The minimum atomic E-state index is 0.395. The minimum Gasteiger partial charge on any atom is -0.486 e. The van der Waals surface area contributed by atoms with Crippen LogP contribution in [0.25, 0.3) is 11.1 Å². The molecule has 2 aromatic carbocycles. The van der Waals surface area contributed by atoms with E-state index < -0.39 is 0 Å². The van der Waals surface area contributed by atoms with Crippen LogP contribution in [0.2, 0.25) is 0 Å². The second-order valence-corrected chi connectivity index (χ2v) is 5.07. The maximum absolute atomic E-state index is 5.85. The van der Waals surface area contributed by atoms with Gasteiger partial charge in [0.05, 0.1) is 0 Å². The van der Waals surface area contributed by atoms with Gasteiger partial charge in [0.25, 0.3) is 0 Å². The van der Waals surface area contributed by atoms with Crippen molar-refractivity contribution >= 4 is 0 Å². The number of rotatable bonds is 2. The minimum absolute atomic E-state index is 0.395. The molecule has 98 valence electrons. The fraction of sp³-hybridized carbons (Fsp3) is 0.294. The SMILES string of the molecule is CC(C)c1c(-c2ccccc2)ccc2c1OCCO2. The maximum Gasteiger partial charge on any atom is 0.165 e.